The number of carbonyl (C=O) groups excluding carboxylic acids is 2. The lowest BCUT2D eigenvalue weighted by Crippen LogP contribution is -2.60. The van der Waals surface area contributed by atoms with Crippen LogP contribution in [0.1, 0.15) is 53.8 Å². The fourth-order valence-electron chi connectivity index (χ4n) is 4.93. The lowest BCUT2D eigenvalue weighted by atomic mass is 9.76. The number of aromatic nitrogens is 3. The van der Waals surface area contributed by atoms with E-state index in [2.05, 4.69) is 19.9 Å². The summed E-state index contributed by atoms with van der Waals surface area (Å²) in [5, 5.41) is 0. The Morgan fingerprint density at radius 1 is 1.18 bits per heavy atom. The summed E-state index contributed by atoms with van der Waals surface area (Å²) in [6.07, 6.45) is 10.5. The van der Waals surface area contributed by atoms with Crippen molar-refractivity contribution in [2.75, 3.05) is 19.6 Å². The molecule has 1 N–H and O–H groups in total. The van der Waals surface area contributed by atoms with Crippen LogP contribution in [0.5, 0.6) is 0 Å². The molecule has 1 aliphatic carbocycles. The summed E-state index contributed by atoms with van der Waals surface area (Å²) in [6, 6.07) is 3.59. The number of nitrogens with one attached hydrogen (secondary N) is 1. The lowest BCUT2D eigenvalue weighted by molar-refractivity contribution is -0.148. The van der Waals surface area contributed by atoms with Gasteiger partial charge in [-0.25, -0.2) is 4.98 Å². The fourth-order valence-corrected chi connectivity index (χ4v) is 4.93. The Morgan fingerprint density at radius 3 is 2.68 bits per heavy atom. The highest BCUT2D eigenvalue weighted by atomic mass is 16.2. The van der Waals surface area contributed by atoms with Crippen LogP contribution in [-0.4, -0.2) is 56.2 Å². The summed E-state index contributed by atoms with van der Waals surface area (Å²) >= 11 is 0. The van der Waals surface area contributed by atoms with Crippen molar-refractivity contribution in [1.82, 2.24) is 24.8 Å². The third-order valence-corrected chi connectivity index (χ3v) is 6.77. The molecule has 28 heavy (non-hydrogen) atoms. The molecule has 1 saturated heterocycles. The Balaban J connectivity index is 1.41. The predicted molar refractivity (Wildman–Crippen MR) is 102 cm³/mol. The van der Waals surface area contributed by atoms with Gasteiger partial charge >= 0.3 is 0 Å². The summed E-state index contributed by atoms with van der Waals surface area (Å²) < 4.78 is 0. The van der Waals surface area contributed by atoms with Crippen LogP contribution < -0.4 is 0 Å². The average Bonchev–Trinajstić information content (AvgIpc) is 3.18. The van der Waals surface area contributed by atoms with Crippen LogP contribution in [0.25, 0.3) is 0 Å². The quantitative estimate of drug-likeness (QED) is 0.867. The fraction of sp³-hybridized carbons (Fsp3) is 0.524. The monoisotopic (exact) mass is 379 g/mol. The number of aromatic amines is 1. The largest absolute Gasteiger partial charge is 0.348 e. The molecule has 1 spiro atoms. The van der Waals surface area contributed by atoms with Crippen molar-refractivity contribution in [3.05, 3.63) is 47.8 Å². The third-order valence-electron chi connectivity index (χ3n) is 6.77. The minimum Gasteiger partial charge on any atom is -0.348 e. The molecule has 2 aromatic heterocycles. The molecule has 0 bridgehead atoms. The second kappa shape index (κ2) is 6.72. The molecule has 1 saturated carbocycles. The maximum absolute atomic E-state index is 13.2. The topological polar surface area (TPSA) is 82.2 Å². The molecule has 7 heteroatoms. The number of hydrogen-bond donors (Lipinski definition) is 1. The van der Waals surface area contributed by atoms with Gasteiger partial charge in [-0.1, -0.05) is 6.42 Å². The third kappa shape index (κ3) is 2.64. The zero-order valence-electron chi connectivity index (χ0n) is 15.9. The maximum atomic E-state index is 13.2. The molecule has 2 aliphatic heterocycles. The minimum absolute atomic E-state index is 0.0119. The van der Waals surface area contributed by atoms with E-state index in [0.29, 0.717) is 18.7 Å². The minimum atomic E-state index is -0.383. The SMILES string of the molecule is O=C(c1cccnc1)N1CCC2(CC1)c1nc[nH]c1CCN2C(=O)C1CCC1. The summed E-state index contributed by atoms with van der Waals surface area (Å²) in [7, 11) is 0. The van der Waals surface area contributed by atoms with Gasteiger partial charge in [0.2, 0.25) is 5.91 Å². The first-order chi connectivity index (χ1) is 13.7. The van der Waals surface area contributed by atoms with E-state index >= 15 is 0 Å². The van der Waals surface area contributed by atoms with Crippen molar-refractivity contribution in [2.45, 2.75) is 44.1 Å². The Labute approximate surface area is 164 Å². The van der Waals surface area contributed by atoms with E-state index in [4.69, 9.17) is 0 Å². The molecule has 0 radical (unpaired) electrons. The zero-order valence-corrected chi connectivity index (χ0v) is 15.9. The Kier molecular flexibility index (Phi) is 4.18. The van der Waals surface area contributed by atoms with Gasteiger partial charge in [0.05, 0.1) is 23.1 Å². The van der Waals surface area contributed by atoms with E-state index in [0.717, 1.165) is 56.5 Å². The molecule has 2 fully saturated rings. The van der Waals surface area contributed by atoms with E-state index in [1.54, 1.807) is 30.9 Å². The number of likely N-dealkylation sites (tertiary alicyclic amines) is 1. The molecule has 0 unspecified atom stereocenters. The van der Waals surface area contributed by atoms with E-state index in [-0.39, 0.29) is 23.3 Å². The van der Waals surface area contributed by atoms with Gasteiger partial charge in [0, 0.05) is 50.1 Å². The molecule has 7 nitrogen and oxygen atoms in total. The number of pyridine rings is 1. The van der Waals surface area contributed by atoms with E-state index in [9.17, 15) is 9.59 Å². The van der Waals surface area contributed by atoms with Gasteiger partial charge in [-0.2, -0.15) is 0 Å². The number of fused-ring (bicyclic) bond motifs is 2. The molecular weight excluding hydrogens is 354 g/mol. The van der Waals surface area contributed by atoms with Crippen molar-refractivity contribution >= 4 is 11.8 Å². The molecule has 3 aliphatic rings. The summed E-state index contributed by atoms with van der Waals surface area (Å²) in [5.41, 5.74) is 2.39. The summed E-state index contributed by atoms with van der Waals surface area (Å²) in [6.45, 7) is 1.98. The molecular formula is C21H25N5O2. The smallest absolute Gasteiger partial charge is 0.255 e. The predicted octanol–water partition coefficient (Wildman–Crippen LogP) is 2.12. The highest BCUT2D eigenvalue weighted by molar-refractivity contribution is 5.94. The van der Waals surface area contributed by atoms with Crippen LogP contribution >= 0.6 is 0 Å². The van der Waals surface area contributed by atoms with Gasteiger partial charge in [0.15, 0.2) is 0 Å². The van der Waals surface area contributed by atoms with Gasteiger partial charge in [-0.3, -0.25) is 14.6 Å². The lowest BCUT2D eigenvalue weighted by Gasteiger charge is -2.51. The molecule has 2 aromatic rings. The van der Waals surface area contributed by atoms with Crippen LogP contribution in [0.2, 0.25) is 0 Å². The second-order valence-corrected chi connectivity index (χ2v) is 8.16. The first-order valence-corrected chi connectivity index (χ1v) is 10.2. The van der Waals surface area contributed by atoms with Crippen molar-refractivity contribution in [3.8, 4) is 0 Å². The second-order valence-electron chi connectivity index (χ2n) is 8.16. The highest BCUT2D eigenvalue weighted by Gasteiger charge is 2.50. The van der Waals surface area contributed by atoms with Gasteiger partial charge < -0.3 is 14.8 Å². The zero-order chi connectivity index (χ0) is 19.1. The van der Waals surface area contributed by atoms with Crippen molar-refractivity contribution in [1.29, 1.82) is 0 Å². The van der Waals surface area contributed by atoms with Gasteiger partial charge in [-0.05, 0) is 37.8 Å². The van der Waals surface area contributed by atoms with Crippen LogP contribution in [-0.2, 0) is 16.8 Å². The van der Waals surface area contributed by atoms with Gasteiger partial charge in [-0.15, -0.1) is 0 Å². The summed E-state index contributed by atoms with van der Waals surface area (Å²) in [5.74, 6) is 0.470. The van der Waals surface area contributed by atoms with E-state index < -0.39 is 0 Å². The summed E-state index contributed by atoms with van der Waals surface area (Å²) in [4.78, 5) is 42.0. The number of rotatable bonds is 2. The molecule has 2 amide bonds. The maximum Gasteiger partial charge on any atom is 0.255 e. The average molecular weight is 379 g/mol. The van der Waals surface area contributed by atoms with Crippen molar-refractivity contribution in [2.24, 2.45) is 5.92 Å². The van der Waals surface area contributed by atoms with Crippen LogP contribution in [0.3, 0.4) is 0 Å². The number of hydrogen-bond acceptors (Lipinski definition) is 4. The number of piperidine rings is 1. The standard InChI is InChI=1S/C21H25N5O2/c27-19(16-5-2-9-22-13-16)25-11-7-21(8-12-25)18-17(23-14-24-18)6-10-26(21)20(28)15-3-1-4-15/h2,5,9,13-15H,1,3-4,6-8,10-12H2,(H,23,24). The van der Waals surface area contributed by atoms with E-state index in [1.807, 2.05) is 4.90 Å². The molecule has 0 atom stereocenters. The van der Waals surface area contributed by atoms with Crippen molar-refractivity contribution in [3.63, 3.8) is 0 Å². The first-order valence-electron chi connectivity index (χ1n) is 10.2. The van der Waals surface area contributed by atoms with E-state index in [1.165, 1.54) is 0 Å². The van der Waals surface area contributed by atoms with Crippen LogP contribution in [0.4, 0.5) is 0 Å². The first kappa shape index (κ1) is 17.4. The normalized spacial score (nSPS) is 21.3. The number of nitrogens with zero attached hydrogens (tertiary/aromatic N) is 4. The van der Waals surface area contributed by atoms with Crippen LogP contribution in [0.15, 0.2) is 30.9 Å². The molecule has 0 aromatic carbocycles. The molecule has 4 heterocycles. The number of carbonyl (C=O) groups is 2. The van der Waals surface area contributed by atoms with Crippen molar-refractivity contribution < 1.29 is 9.59 Å². The molecule has 5 rings (SSSR count). The Bertz CT molecular complexity index is 881. The molecule has 146 valence electrons. The number of H-pyrrole nitrogens is 1. The highest BCUT2D eigenvalue weighted by Crippen LogP contribution is 2.44. The number of imidazole rings is 1. The number of amides is 2. The van der Waals surface area contributed by atoms with Gasteiger partial charge in [0.1, 0.15) is 0 Å². The Hall–Kier alpha value is -2.70. The van der Waals surface area contributed by atoms with Crippen LogP contribution in [0, 0.1) is 5.92 Å². The Morgan fingerprint density at radius 2 is 2.00 bits per heavy atom. The van der Waals surface area contributed by atoms with Gasteiger partial charge in [0.25, 0.3) is 5.91 Å².